The Balaban J connectivity index is 1.25. The topological polar surface area (TPSA) is 142 Å². The lowest BCUT2D eigenvalue weighted by molar-refractivity contribution is -0.123. The first-order valence-electron chi connectivity index (χ1n) is 12.8. The molecule has 2 aliphatic heterocycles. The molecule has 0 bridgehead atoms. The summed E-state index contributed by atoms with van der Waals surface area (Å²) >= 11 is 1.37. The molecule has 1 aromatic carbocycles. The summed E-state index contributed by atoms with van der Waals surface area (Å²) in [5.41, 5.74) is 1.88. The Hall–Kier alpha value is -4.17. The molecule has 5 atom stereocenters. The van der Waals surface area contributed by atoms with Gasteiger partial charge in [-0.15, -0.1) is 11.3 Å². The van der Waals surface area contributed by atoms with Gasteiger partial charge in [0.05, 0.1) is 11.2 Å². The number of carbonyl (C=O) groups excluding carboxylic acids is 2. The standard InChI is InChI=1S/C27H27N7O5S/c1-2-28-27(36)33-23-20-24(31-14-30-23)34(15-32-20)26-22-21(17(37-26)13-29-25(35)18-9-6-12-40-18)38-19(39-22)11-10-16-7-4-3-5-8-16/h3-12,14-15,17,19,21-22,26H,2,13H2,1H3,(H,29,35)(H2,28,30,31,33,36)/b11-10+/t17-,19+,21-,22-,26-/m1/s1. The molecule has 3 N–H and O–H groups in total. The number of anilines is 1. The quantitative estimate of drug-likeness (QED) is 0.298. The van der Waals surface area contributed by atoms with Crippen LogP contribution in [0.25, 0.3) is 17.2 Å². The molecule has 2 fully saturated rings. The summed E-state index contributed by atoms with van der Waals surface area (Å²) in [5.74, 6) is 0.0937. The van der Waals surface area contributed by atoms with E-state index in [1.54, 1.807) is 17.0 Å². The Morgan fingerprint density at radius 2 is 1.88 bits per heavy atom. The van der Waals surface area contributed by atoms with E-state index in [1.165, 1.54) is 17.7 Å². The molecular formula is C27H27N7O5S. The Kier molecular flexibility index (Phi) is 7.51. The summed E-state index contributed by atoms with van der Waals surface area (Å²) in [6, 6.07) is 13.1. The zero-order chi connectivity index (χ0) is 27.5. The SMILES string of the molecule is CCNC(=O)Nc1ncnc2c1ncn2[C@@H]1O[C@H](CNC(=O)c2cccs2)[C@H]2O[C@H](/C=C/c3ccccc3)O[C@H]21. The number of fused-ring (bicyclic) bond motifs is 2. The average Bonchev–Trinajstić information content (AvgIpc) is 3.76. The van der Waals surface area contributed by atoms with Crippen molar-refractivity contribution in [2.45, 2.75) is 37.8 Å². The fourth-order valence-corrected chi connectivity index (χ4v) is 5.36. The smallest absolute Gasteiger partial charge is 0.320 e. The van der Waals surface area contributed by atoms with Crippen molar-refractivity contribution in [3.63, 3.8) is 0 Å². The third-order valence-electron chi connectivity index (χ3n) is 6.52. The maximum absolute atomic E-state index is 12.6. The van der Waals surface area contributed by atoms with Crippen LogP contribution in [0.2, 0.25) is 0 Å². The zero-order valence-corrected chi connectivity index (χ0v) is 22.3. The van der Waals surface area contributed by atoms with Crippen molar-refractivity contribution < 1.29 is 23.8 Å². The van der Waals surface area contributed by atoms with E-state index < -0.39 is 36.9 Å². The van der Waals surface area contributed by atoms with Crippen molar-refractivity contribution in [2.24, 2.45) is 0 Å². The van der Waals surface area contributed by atoms with Gasteiger partial charge in [0, 0.05) is 13.1 Å². The number of carbonyl (C=O) groups is 2. The summed E-state index contributed by atoms with van der Waals surface area (Å²) in [6.07, 6.45) is 3.98. The molecule has 40 heavy (non-hydrogen) atoms. The number of amides is 3. The summed E-state index contributed by atoms with van der Waals surface area (Å²) in [6.45, 7) is 2.51. The van der Waals surface area contributed by atoms with Gasteiger partial charge in [-0.25, -0.2) is 19.7 Å². The lowest BCUT2D eigenvalue weighted by Gasteiger charge is -2.20. The van der Waals surface area contributed by atoms with Crippen LogP contribution in [-0.2, 0) is 14.2 Å². The van der Waals surface area contributed by atoms with E-state index >= 15 is 0 Å². The first-order valence-corrected chi connectivity index (χ1v) is 13.7. The highest BCUT2D eigenvalue weighted by Crippen LogP contribution is 2.41. The molecule has 3 amide bonds. The Morgan fingerprint density at radius 1 is 1.02 bits per heavy atom. The molecule has 0 radical (unpaired) electrons. The minimum absolute atomic E-state index is 0.181. The third-order valence-corrected chi connectivity index (χ3v) is 7.39. The fraction of sp³-hybridized carbons (Fsp3) is 0.296. The number of ether oxygens (including phenoxy) is 3. The monoisotopic (exact) mass is 561 g/mol. The second kappa shape index (κ2) is 11.5. The molecule has 2 saturated heterocycles. The molecule has 5 heterocycles. The minimum Gasteiger partial charge on any atom is -0.349 e. The highest BCUT2D eigenvalue weighted by molar-refractivity contribution is 7.12. The van der Waals surface area contributed by atoms with Crippen molar-refractivity contribution in [2.75, 3.05) is 18.4 Å². The summed E-state index contributed by atoms with van der Waals surface area (Å²) < 4.78 is 20.7. The van der Waals surface area contributed by atoms with Crippen molar-refractivity contribution in [3.8, 4) is 0 Å². The van der Waals surface area contributed by atoms with Crippen LogP contribution in [0.15, 0.2) is 66.6 Å². The van der Waals surface area contributed by atoms with Gasteiger partial charge in [-0.1, -0.05) is 42.5 Å². The number of benzene rings is 1. The third kappa shape index (κ3) is 5.31. The van der Waals surface area contributed by atoms with E-state index in [-0.39, 0.29) is 18.3 Å². The number of hydrogen-bond acceptors (Lipinski definition) is 9. The van der Waals surface area contributed by atoms with Gasteiger partial charge in [0.1, 0.15) is 24.6 Å². The molecule has 0 aliphatic carbocycles. The van der Waals surface area contributed by atoms with Crippen molar-refractivity contribution in [1.82, 2.24) is 30.2 Å². The second-order valence-corrected chi connectivity index (χ2v) is 10.1. The van der Waals surface area contributed by atoms with Gasteiger partial charge < -0.3 is 24.8 Å². The number of thiophene rings is 1. The number of imidazole rings is 1. The number of nitrogens with one attached hydrogen (secondary N) is 3. The van der Waals surface area contributed by atoms with Gasteiger partial charge >= 0.3 is 6.03 Å². The molecule has 3 aromatic heterocycles. The molecule has 0 unspecified atom stereocenters. The lowest BCUT2D eigenvalue weighted by atomic mass is 10.1. The number of rotatable bonds is 8. The molecule has 206 valence electrons. The van der Waals surface area contributed by atoms with Crippen LogP contribution in [-0.4, -0.2) is 69.1 Å². The van der Waals surface area contributed by atoms with Crippen LogP contribution >= 0.6 is 11.3 Å². The Bertz CT molecular complexity index is 1510. The predicted molar refractivity (Wildman–Crippen MR) is 148 cm³/mol. The maximum atomic E-state index is 12.6. The van der Waals surface area contributed by atoms with E-state index in [2.05, 4.69) is 30.9 Å². The second-order valence-electron chi connectivity index (χ2n) is 9.12. The van der Waals surface area contributed by atoms with E-state index in [0.717, 1.165) is 5.56 Å². The first-order chi connectivity index (χ1) is 19.6. The Labute approximate surface area is 233 Å². The van der Waals surface area contributed by atoms with Gasteiger partial charge in [-0.2, -0.15) is 0 Å². The van der Waals surface area contributed by atoms with Crippen molar-refractivity contribution >= 4 is 46.3 Å². The summed E-state index contributed by atoms with van der Waals surface area (Å²) in [7, 11) is 0. The molecule has 0 spiro atoms. The molecule has 0 saturated carbocycles. The summed E-state index contributed by atoms with van der Waals surface area (Å²) in [5, 5.41) is 10.2. The van der Waals surface area contributed by atoms with E-state index in [0.29, 0.717) is 22.6 Å². The highest BCUT2D eigenvalue weighted by Gasteiger charge is 2.53. The number of urea groups is 1. The molecule has 6 rings (SSSR count). The van der Waals surface area contributed by atoms with E-state index in [1.807, 2.05) is 60.9 Å². The van der Waals surface area contributed by atoms with Crippen LogP contribution in [0, 0.1) is 0 Å². The van der Waals surface area contributed by atoms with Crippen LogP contribution < -0.4 is 16.0 Å². The van der Waals surface area contributed by atoms with Crippen molar-refractivity contribution in [1.29, 1.82) is 0 Å². The zero-order valence-electron chi connectivity index (χ0n) is 21.5. The molecule has 12 nitrogen and oxygen atoms in total. The summed E-state index contributed by atoms with van der Waals surface area (Å²) in [4.78, 5) is 38.4. The highest BCUT2D eigenvalue weighted by atomic mass is 32.1. The number of nitrogens with zero attached hydrogens (tertiary/aromatic N) is 4. The van der Waals surface area contributed by atoms with Gasteiger partial charge in [0.15, 0.2) is 29.5 Å². The van der Waals surface area contributed by atoms with Gasteiger partial charge in [-0.3, -0.25) is 14.7 Å². The molecule has 2 aliphatic rings. The van der Waals surface area contributed by atoms with E-state index in [4.69, 9.17) is 14.2 Å². The largest absolute Gasteiger partial charge is 0.349 e. The van der Waals surface area contributed by atoms with Crippen LogP contribution in [0.3, 0.4) is 0 Å². The van der Waals surface area contributed by atoms with Gasteiger partial charge in [0.25, 0.3) is 5.91 Å². The van der Waals surface area contributed by atoms with Gasteiger partial charge in [-0.05, 0) is 30.0 Å². The maximum Gasteiger partial charge on any atom is 0.320 e. The Morgan fingerprint density at radius 3 is 2.67 bits per heavy atom. The van der Waals surface area contributed by atoms with E-state index in [9.17, 15) is 9.59 Å². The number of hydrogen-bond donors (Lipinski definition) is 3. The average molecular weight is 562 g/mol. The van der Waals surface area contributed by atoms with Crippen LogP contribution in [0.1, 0.15) is 28.4 Å². The minimum atomic E-state index is -0.652. The molecular weight excluding hydrogens is 534 g/mol. The number of aromatic nitrogens is 4. The van der Waals surface area contributed by atoms with Crippen LogP contribution in [0.5, 0.6) is 0 Å². The first kappa shape index (κ1) is 26.1. The molecule has 13 heteroatoms. The predicted octanol–water partition coefficient (Wildman–Crippen LogP) is 3.18. The van der Waals surface area contributed by atoms with Crippen molar-refractivity contribution in [3.05, 3.63) is 77.0 Å². The van der Waals surface area contributed by atoms with Gasteiger partial charge in [0.2, 0.25) is 0 Å². The van der Waals surface area contributed by atoms with Crippen LogP contribution in [0.4, 0.5) is 10.6 Å². The normalized spacial score (nSPS) is 23.9. The molecule has 4 aromatic rings. The lowest BCUT2D eigenvalue weighted by Crippen LogP contribution is -2.39. The fourth-order valence-electron chi connectivity index (χ4n) is 4.72.